The van der Waals surface area contributed by atoms with Crippen molar-refractivity contribution in [2.24, 2.45) is 5.73 Å². The van der Waals surface area contributed by atoms with Crippen LogP contribution in [0.15, 0.2) is 72.9 Å². The number of aromatic nitrogens is 1. The minimum absolute atomic E-state index is 0.187. The number of benzene rings is 2. The van der Waals surface area contributed by atoms with Crippen LogP contribution < -0.4 is 5.73 Å². The Morgan fingerprint density at radius 2 is 1.74 bits per heavy atom. The average Bonchev–Trinajstić information content (AvgIpc) is 3.71. The topological polar surface area (TPSA) is 106 Å². The standard InChI is InChI=1S/C31H35N3O4/c1-21(34-18-17-31(38-28(34)36,20-29(2,3)37)24-7-5-4-6-8-24)22-9-11-23(12-10-22)26-14-13-25(19-33-26)30(15-16-30)27(32)35/h4-14,19,21,37H,15-18,20H2,1-3H3,(H2,32,35)/t21-,31-/m0/s1. The van der Waals surface area contributed by atoms with Gasteiger partial charge in [-0.1, -0.05) is 60.7 Å². The van der Waals surface area contributed by atoms with Gasteiger partial charge in [-0.3, -0.25) is 9.78 Å². The van der Waals surface area contributed by atoms with Gasteiger partial charge in [0.2, 0.25) is 5.91 Å². The summed E-state index contributed by atoms with van der Waals surface area (Å²) in [5, 5.41) is 10.6. The zero-order valence-corrected chi connectivity index (χ0v) is 22.2. The first-order valence-electron chi connectivity index (χ1n) is 13.2. The summed E-state index contributed by atoms with van der Waals surface area (Å²) >= 11 is 0. The molecule has 1 aliphatic carbocycles. The number of carbonyl (C=O) groups excluding carboxylic acids is 2. The largest absolute Gasteiger partial charge is 0.438 e. The van der Waals surface area contributed by atoms with Gasteiger partial charge in [-0.2, -0.15) is 0 Å². The van der Waals surface area contributed by atoms with E-state index in [1.807, 2.05) is 73.7 Å². The Hall–Kier alpha value is -3.71. The van der Waals surface area contributed by atoms with Crippen molar-refractivity contribution in [2.75, 3.05) is 6.54 Å². The van der Waals surface area contributed by atoms with Crippen molar-refractivity contribution in [2.45, 2.75) is 69.1 Å². The number of aliphatic hydroxyl groups is 1. The van der Waals surface area contributed by atoms with Gasteiger partial charge in [0.25, 0.3) is 0 Å². The molecule has 1 aliphatic heterocycles. The third-order valence-corrected chi connectivity index (χ3v) is 7.99. The molecule has 198 valence electrons. The van der Waals surface area contributed by atoms with Crippen LogP contribution in [0.4, 0.5) is 4.79 Å². The smallest absolute Gasteiger partial charge is 0.411 e. The molecule has 1 aromatic heterocycles. The molecule has 5 rings (SSSR count). The second kappa shape index (κ2) is 9.55. The van der Waals surface area contributed by atoms with Crippen LogP contribution in [0.5, 0.6) is 0 Å². The third-order valence-electron chi connectivity index (χ3n) is 7.99. The quantitative estimate of drug-likeness (QED) is 0.429. The molecule has 7 heteroatoms. The van der Waals surface area contributed by atoms with Crippen molar-refractivity contribution in [1.29, 1.82) is 0 Å². The molecule has 2 aromatic carbocycles. The van der Waals surface area contributed by atoms with Crippen molar-refractivity contribution in [1.82, 2.24) is 9.88 Å². The fourth-order valence-electron chi connectivity index (χ4n) is 5.65. The molecule has 2 aliphatic rings. The Kier molecular flexibility index (Phi) is 6.51. The Labute approximate surface area is 223 Å². The molecule has 7 nitrogen and oxygen atoms in total. The minimum atomic E-state index is -0.995. The summed E-state index contributed by atoms with van der Waals surface area (Å²) in [6.07, 6.45) is 3.82. The first-order valence-corrected chi connectivity index (χ1v) is 13.2. The van der Waals surface area contributed by atoms with Gasteiger partial charge in [0.1, 0.15) is 5.60 Å². The number of amides is 2. The number of rotatable bonds is 8. The summed E-state index contributed by atoms with van der Waals surface area (Å²) in [5.74, 6) is -0.289. The molecular formula is C31H35N3O4. The number of pyridine rings is 1. The number of primary amides is 1. The molecule has 0 radical (unpaired) electrons. The Morgan fingerprint density at radius 1 is 1.05 bits per heavy atom. The summed E-state index contributed by atoms with van der Waals surface area (Å²) in [6, 6.07) is 21.4. The van der Waals surface area contributed by atoms with E-state index in [-0.39, 0.29) is 18.0 Å². The highest BCUT2D eigenvalue weighted by Gasteiger charge is 2.50. The summed E-state index contributed by atoms with van der Waals surface area (Å²) < 4.78 is 6.13. The summed E-state index contributed by atoms with van der Waals surface area (Å²) in [5.41, 5.74) is 7.70. The lowest BCUT2D eigenvalue weighted by Gasteiger charge is -2.45. The lowest BCUT2D eigenvalue weighted by Crippen LogP contribution is -2.51. The number of cyclic esters (lactones) is 1. The van der Waals surface area contributed by atoms with E-state index in [0.29, 0.717) is 19.4 Å². The molecule has 2 heterocycles. The average molecular weight is 514 g/mol. The number of hydrogen-bond acceptors (Lipinski definition) is 5. The maximum absolute atomic E-state index is 13.3. The Bertz CT molecular complexity index is 1310. The second-order valence-electron chi connectivity index (χ2n) is 11.3. The number of nitrogens with zero attached hydrogens (tertiary/aromatic N) is 2. The predicted octanol–water partition coefficient (Wildman–Crippen LogP) is 5.23. The molecule has 2 atom stereocenters. The molecule has 0 unspecified atom stereocenters. The van der Waals surface area contributed by atoms with Crippen molar-refractivity contribution < 1.29 is 19.4 Å². The fourth-order valence-corrected chi connectivity index (χ4v) is 5.65. The van der Waals surface area contributed by atoms with Crippen LogP contribution in [-0.4, -0.2) is 39.1 Å². The molecule has 2 fully saturated rings. The van der Waals surface area contributed by atoms with Gasteiger partial charge in [0.05, 0.1) is 22.8 Å². The number of ether oxygens (including phenoxy) is 1. The molecule has 3 aromatic rings. The van der Waals surface area contributed by atoms with E-state index < -0.39 is 16.6 Å². The van der Waals surface area contributed by atoms with Crippen molar-refractivity contribution in [3.8, 4) is 11.3 Å². The molecule has 0 bridgehead atoms. The lowest BCUT2D eigenvalue weighted by molar-refractivity contribution is -0.120. The van der Waals surface area contributed by atoms with Crippen LogP contribution in [0.3, 0.4) is 0 Å². The molecule has 0 spiro atoms. The maximum Gasteiger partial charge on any atom is 0.411 e. The SMILES string of the molecule is C[C@@H](c1ccc(-c2ccc(C3(C(N)=O)CC3)cn2)cc1)N1CC[C@](CC(C)(C)O)(c2ccccc2)OC1=O. The normalized spacial score (nSPS) is 21.5. The summed E-state index contributed by atoms with van der Waals surface area (Å²) in [4.78, 5) is 31.4. The van der Waals surface area contributed by atoms with Crippen LogP contribution in [-0.2, 0) is 20.5 Å². The van der Waals surface area contributed by atoms with Crippen LogP contribution in [0.1, 0.15) is 69.2 Å². The van der Waals surface area contributed by atoms with Gasteiger partial charge in [-0.15, -0.1) is 0 Å². The van der Waals surface area contributed by atoms with E-state index in [9.17, 15) is 14.7 Å². The molecule has 38 heavy (non-hydrogen) atoms. The highest BCUT2D eigenvalue weighted by Crippen LogP contribution is 2.48. The molecule has 3 N–H and O–H groups in total. The van der Waals surface area contributed by atoms with Crippen LogP contribution in [0, 0.1) is 0 Å². The van der Waals surface area contributed by atoms with Crippen molar-refractivity contribution >= 4 is 12.0 Å². The first kappa shape index (κ1) is 25.9. The highest BCUT2D eigenvalue weighted by atomic mass is 16.6. The minimum Gasteiger partial charge on any atom is -0.438 e. The Morgan fingerprint density at radius 3 is 2.26 bits per heavy atom. The van der Waals surface area contributed by atoms with Crippen LogP contribution >= 0.6 is 0 Å². The maximum atomic E-state index is 13.3. The second-order valence-corrected chi connectivity index (χ2v) is 11.3. The first-order chi connectivity index (χ1) is 18.0. The number of nitrogens with two attached hydrogens (primary N) is 1. The zero-order valence-electron chi connectivity index (χ0n) is 22.2. The van der Waals surface area contributed by atoms with Crippen molar-refractivity contribution in [3.05, 3.63) is 89.6 Å². The van der Waals surface area contributed by atoms with E-state index >= 15 is 0 Å². The molecule has 1 saturated carbocycles. The van der Waals surface area contributed by atoms with E-state index in [2.05, 4.69) is 4.98 Å². The molecular weight excluding hydrogens is 478 g/mol. The summed E-state index contributed by atoms with van der Waals surface area (Å²) in [7, 11) is 0. The third kappa shape index (κ3) is 4.90. The van der Waals surface area contributed by atoms with Crippen LogP contribution in [0.25, 0.3) is 11.3 Å². The Balaban J connectivity index is 1.30. The highest BCUT2D eigenvalue weighted by molar-refractivity contribution is 5.89. The van der Waals surface area contributed by atoms with Gasteiger partial charge in [0, 0.05) is 31.1 Å². The van der Waals surface area contributed by atoms with E-state index in [1.54, 1.807) is 24.9 Å². The van der Waals surface area contributed by atoms with Gasteiger partial charge in [-0.05, 0) is 56.4 Å². The zero-order chi connectivity index (χ0) is 27.1. The van der Waals surface area contributed by atoms with Crippen molar-refractivity contribution in [3.63, 3.8) is 0 Å². The van der Waals surface area contributed by atoms with E-state index in [0.717, 1.165) is 40.8 Å². The summed E-state index contributed by atoms with van der Waals surface area (Å²) in [6.45, 7) is 5.99. The van der Waals surface area contributed by atoms with Crippen LogP contribution in [0.2, 0.25) is 0 Å². The molecule has 2 amide bonds. The van der Waals surface area contributed by atoms with Gasteiger partial charge in [0.15, 0.2) is 0 Å². The lowest BCUT2D eigenvalue weighted by atomic mass is 9.80. The van der Waals surface area contributed by atoms with Gasteiger partial charge in [-0.25, -0.2) is 4.79 Å². The van der Waals surface area contributed by atoms with Gasteiger partial charge < -0.3 is 20.5 Å². The van der Waals surface area contributed by atoms with E-state index in [1.165, 1.54) is 0 Å². The monoisotopic (exact) mass is 513 g/mol. The number of hydrogen-bond donors (Lipinski definition) is 2. The van der Waals surface area contributed by atoms with E-state index in [4.69, 9.17) is 10.5 Å². The number of carbonyl (C=O) groups is 2. The van der Waals surface area contributed by atoms with Gasteiger partial charge >= 0.3 is 6.09 Å². The fraction of sp³-hybridized carbons (Fsp3) is 0.387. The predicted molar refractivity (Wildman–Crippen MR) is 145 cm³/mol. The molecule has 1 saturated heterocycles.